The molecule has 32 heavy (non-hydrogen) atoms. The third-order valence-corrected chi connectivity index (χ3v) is 6.77. The monoisotopic (exact) mass is 455 g/mol. The number of anilines is 3. The molecule has 1 fully saturated rings. The highest BCUT2D eigenvalue weighted by Crippen LogP contribution is 2.28. The van der Waals surface area contributed by atoms with Crippen molar-refractivity contribution in [1.82, 2.24) is 19.9 Å². The second-order valence-electron chi connectivity index (χ2n) is 7.72. The normalized spacial score (nSPS) is 15.6. The number of aliphatic hydroxyl groups excluding tert-OH is 1. The maximum atomic E-state index is 11.8. The summed E-state index contributed by atoms with van der Waals surface area (Å²) in [4.78, 5) is 20.4. The van der Waals surface area contributed by atoms with Crippen LogP contribution >= 0.6 is 0 Å². The fraction of sp³-hybridized carbons (Fsp3) is 0.455. The third kappa shape index (κ3) is 5.31. The lowest BCUT2D eigenvalue weighted by Gasteiger charge is -2.28. The van der Waals surface area contributed by atoms with E-state index in [0.717, 1.165) is 12.8 Å². The van der Waals surface area contributed by atoms with Gasteiger partial charge in [0.05, 0.1) is 6.61 Å². The van der Waals surface area contributed by atoms with E-state index in [1.54, 1.807) is 0 Å². The summed E-state index contributed by atoms with van der Waals surface area (Å²) in [6, 6.07) is 10.5. The molecule has 0 radical (unpaired) electrons. The number of aromatic nitrogens is 4. The summed E-state index contributed by atoms with van der Waals surface area (Å²) in [5.74, 6) is 3.00. The Kier molecular flexibility index (Phi) is 7.43. The molecule has 3 heterocycles. The Labute approximate surface area is 190 Å². The zero-order valence-corrected chi connectivity index (χ0v) is 19.0. The molecule has 0 spiro atoms. The second-order valence-corrected chi connectivity index (χ2v) is 9.41. The van der Waals surface area contributed by atoms with Gasteiger partial charge in [-0.3, -0.25) is 4.21 Å². The first-order valence-corrected chi connectivity index (χ1v) is 12.4. The first-order valence-electron chi connectivity index (χ1n) is 11.0. The molecule has 3 aromatic rings. The summed E-state index contributed by atoms with van der Waals surface area (Å²) >= 11 is 0. The molecule has 0 bridgehead atoms. The second kappa shape index (κ2) is 10.6. The number of fused-ring (bicyclic) bond motifs is 1. The van der Waals surface area contributed by atoms with Crippen LogP contribution in [0.5, 0.6) is 0 Å². The molecule has 0 amide bonds. The van der Waals surface area contributed by atoms with E-state index in [1.165, 1.54) is 11.9 Å². The molecule has 1 aromatic carbocycles. The van der Waals surface area contributed by atoms with Crippen LogP contribution in [0, 0.1) is 0 Å². The average molecular weight is 456 g/mol. The van der Waals surface area contributed by atoms with Crippen LogP contribution in [0.3, 0.4) is 0 Å². The molecule has 9 nitrogen and oxygen atoms in total. The first kappa shape index (κ1) is 22.3. The van der Waals surface area contributed by atoms with Gasteiger partial charge in [0, 0.05) is 48.0 Å². The van der Waals surface area contributed by atoms with E-state index in [2.05, 4.69) is 54.5 Å². The molecule has 0 aliphatic carbocycles. The highest BCUT2D eigenvalue weighted by molar-refractivity contribution is 7.85. The van der Waals surface area contributed by atoms with Gasteiger partial charge in [0.1, 0.15) is 17.4 Å². The van der Waals surface area contributed by atoms with Crippen molar-refractivity contribution in [2.75, 3.05) is 53.3 Å². The number of nitrogens with one attached hydrogen (secondary N) is 2. The van der Waals surface area contributed by atoms with Crippen LogP contribution in [-0.2, 0) is 17.2 Å². The van der Waals surface area contributed by atoms with Crippen molar-refractivity contribution in [3.8, 4) is 0 Å². The summed E-state index contributed by atoms with van der Waals surface area (Å²) < 4.78 is 11.8. The number of nitrogens with zero attached hydrogens (tertiary/aromatic N) is 5. The predicted molar refractivity (Wildman–Crippen MR) is 129 cm³/mol. The lowest BCUT2D eigenvalue weighted by molar-refractivity contribution is 0.311. The molecule has 1 aliphatic rings. The molecule has 2 aromatic heterocycles. The van der Waals surface area contributed by atoms with Gasteiger partial charge in [-0.25, -0.2) is 15.0 Å². The van der Waals surface area contributed by atoms with Crippen LogP contribution < -0.4 is 15.5 Å². The van der Waals surface area contributed by atoms with Crippen LogP contribution in [0.2, 0.25) is 0 Å². The number of hydrogen-bond acceptors (Lipinski definition) is 9. The minimum Gasteiger partial charge on any atom is -0.395 e. The summed E-state index contributed by atoms with van der Waals surface area (Å²) in [6.45, 7) is 3.77. The summed E-state index contributed by atoms with van der Waals surface area (Å²) in [7, 11) is -0.790. The Balaban J connectivity index is 1.69. The van der Waals surface area contributed by atoms with Gasteiger partial charge in [-0.2, -0.15) is 4.98 Å². The highest BCUT2D eigenvalue weighted by atomic mass is 32.2. The van der Waals surface area contributed by atoms with Crippen molar-refractivity contribution in [2.45, 2.75) is 25.8 Å². The van der Waals surface area contributed by atoms with Crippen LogP contribution in [0.1, 0.15) is 18.9 Å². The van der Waals surface area contributed by atoms with Crippen molar-refractivity contribution < 1.29 is 9.32 Å². The minimum atomic E-state index is -0.790. The van der Waals surface area contributed by atoms with Gasteiger partial charge in [0.25, 0.3) is 0 Å². The largest absolute Gasteiger partial charge is 0.395 e. The van der Waals surface area contributed by atoms with E-state index in [9.17, 15) is 9.32 Å². The van der Waals surface area contributed by atoms with E-state index >= 15 is 0 Å². The fourth-order valence-electron chi connectivity index (χ4n) is 3.74. The van der Waals surface area contributed by atoms with Gasteiger partial charge < -0.3 is 20.6 Å². The standard InChI is InChI=1S/C22H29N7O2S/c1-2-17(14-16-6-4-3-5-7-16)26-20-18-19(24-15-25-20)21(28-22(27-18)23-8-11-30)29-9-12-32(31)13-10-29/h3-7,15,17,30H,2,8-14H2,1H3,(H,23,27,28)(H,24,25,26). The average Bonchev–Trinajstić information content (AvgIpc) is 2.83. The highest BCUT2D eigenvalue weighted by Gasteiger charge is 2.23. The van der Waals surface area contributed by atoms with Crippen molar-refractivity contribution in [3.63, 3.8) is 0 Å². The van der Waals surface area contributed by atoms with Gasteiger partial charge in [0.15, 0.2) is 11.6 Å². The van der Waals surface area contributed by atoms with Crippen LogP contribution in [-0.4, -0.2) is 73.0 Å². The van der Waals surface area contributed by atoms with E-state index in [-0.39, 0.29) is 12.6 Å². The Bertz CT molecular complexity index is 1060. The van der Waals surface area contributed by atoms with Gasteiger partial charge in [-0.05, 0) is 18.4 Å². The van der Waals surface area contributed by atoms with Crippen molar-refractivity contribution in [3.05, 3.63) is 42.2 Å². The quantitative estimate of drug-likeness (QED) is 0.444. The fourth-order valence-corrected chi connectivity index (χ4v) is 4.80. The molecule has 1 aliphatic heterocycles. The van der Waals surface area contributed by atoms with Crippen LogP contribution in [0.25, 0.3) is 11.0 Å². The Morgan fingerprint density at radius 1 is 1.12 bits per heavy atom. The zero-order valence-electron chi connectivity index (χ0n) is 18.2. The van der Waals surface area contributed by atoms with Gasteiger partial charge in [-0.15, -0.1) is 0 Å². The molecule has 10 heteroatoms. The number of aliphatic hydroxyl groups is 1. The molecule has 0 saturated carbocycles. The maximum Gasteiger partial charge on any atom is 0.225 e. The van der Waals surface area contributed by atoms with Crippen molar-refractivity contribution >= 4 is 39.4 Å². The Hall–Kier alpha value is -2.85. The lowest BCUT2D eigenvalue weighted by Crippen LogP contribution is -2.38. The maximum absolute atomic E-state index is 11.8. The molecule has 4 rings (SSSR count). The number of rotatable bonds is 9. The Morgan fingerprint density at radius 2 is 1.91 bits per heavy atom. The van der Waals surface area contributed by atoms with Gasteiger partial charge in [0.2, 0.25) is 5.95 Å². The summed E-state index contributed by atoms with van der Waals surface area (Å²) in [6.07, 6.45) is 3.33. The number of benzene rings is 1. The van der Waals surface area contributed by atoms with Crippen molar-refractivity contribution in [1.29, 1.82) is 0 Å². The van der Waals surface area contributed by atoms with Crippen LogP contribution in [0.4, 0.5) is 17.6 Å². The molecule has 1 saturated heterocycles. The van der Waals surface area contributed by atoms with Gasteiger partial charge in [-0.1, -0.05) is 37.3 Å². The SMILES string of the molecule is CCC(Cc1ccccc1)Nc1ncnc2c(N3CCS(=O)CC3)nc(NCCO)nc12. The third-order valence-electron chi connectivity index (χ3n) is 5.49. The van der Waals surface area contributed by atoms with Gasteiger partial charge >= 0.3 is 0 Å². The topological polar surface area (TPSA) is 116 Å². The summed E-state index contributed by atoms with van der Waals surface area (Å²) in [5, 5.41) is 15.9. The van der Waals surface area contributed by atoms with Crippen molar-refractivity contribution in [2.24, 2.45) is 0 Å². The molecular weight excluding hydrogens is 426 g/mol. The minimum absolute atomic E-state index is 0.0230. The van der Waals surface area contributed by atoms with E-state index < -0.39 is 10.8 Å². The number of hydrogen-bond donors (Lipinski definition) is 3. The van der Waals surface area contributed by atoms with E-state index in [1.807, 2.05) is 18.2 Å². The molecule has 1 atom stereocenters. The van der Waals surface area contributed by atoms with E-state index in [0.29, 0.717) is 59.8 Å². The Morgan fingerprint density at radius 3 is 2.62 bits per heavy atom. The predicted octanol–water partition coefficient (Wildman–Crippen LogP) is 1.83. The molecule has 170 valence electrons. The molecule has 3 N–H and O–H groups in total. The first-order chi connectivity index (χ1) is 15.7. The molecular formula is C22H29N7O2S. The molecule has 1 unspecified atom stereocenters. The smallest absolute Gasteiger partial charge is 0.225 e. The summed E-state index contributed by atoms with van der Waals surface area (Å²) in [5.41, 5.74) is 2.56. The van der Waals surface area contributed by atoms with Crippen LogP contribution in [0.15, 0.2) is 36.7 Å². The van der Waals surface area contributed by atoms with E-state index in [4.69, 9.17) is 0 Å². The lowest BCUT2D eigenvalue weighted by atomic mass is 10.0. The zero-order chi connectivity index (χ0) is 22.3.